The number of hydrogen-bond donors (Lipinski definition) is 0. The van der Waals surface area contributed by atoms with Crippen LogP contribution in [0.25, 0.3) is 0 Å². The lowest BCUT2D eigenvalue weighted by molar-refractivity contribution is 0.272. The Morgan fingerprint density at radius 3 is 1.88 bits per heavy atom. The molecular formula is C30H27N2OP. The summed E-state index contributed by atoms with van der Waals surface area (Å²) in [6.07, 6.45) is 0.912. The van der Waals surface area contributed by atoms with Gasteiger partial charge in [-0.1, -0.05) is 115 Å². The van der Waals surface area contributed by atoms with Gasteiger partial charge in [0.25, 0.3) is 0 Å². The molecule has 0 spiro atoms. The van der Waals surface area contributed by atoms with E-state index in [9.17, 15) is 0 Å². The Balaban J connectivity index is 1.44. The second kappa shape index (κ2) is 9.54. The molecule has 0 radical (unpaired) electrons. The molecule has 2 aliphatic heterocycles. The largest absolute Gasteiger partial charge is 0.477 e. The van der Waals surface area contributed by atoms with Crippen molar-refractivity contribution >= 4 is 24.6 Å². The highest BCUT2D eigenvalue weighted by Crippen LogP contribution is 2.45. The fourth-order valence-corrected chi connectivity index (χ4v) is 7.49. The summed E-state index contributed by atoms with van der Waals surface area (Å²) in [6, 6.07) is 41.4. The molecule has 4 aromatic carbocycles. The average molecular weight is 463 g/mol. The first-order chi connectivity index (χ1) is 16.9. The fraction of sp³-hybridized carbons (Fsp3) is 0.167. The number of fused-ring (bicyclic) bond motifs is 1. The molecule has 168 valence electrons. The lowest BCUT2D eigenvalue weighted by Crippen LogP contribution is -2.45. The third kappa shape index (κ3) is 4.18. The number of aliphatic imine (C=N–C) groups is 1. The Bertz CT molecular complexity index is 1240. The lowest BCUT2D eigenvalue weighted by Gasteiger charge is -2.41. The van der Waals surface area contributed by atoms with Crippen LogP contribution in [-0.2, 0) is 17.7 Å². The van der Waals surface area contributed by atoms with Gasteiger partial charge in [0.1, 0.15) is 12.6 Å². The van der Waals surface area contributed by atoms with E-state index in [1.807, 2.05) is 0 Å². The quantitative estimate of drug-likeness (QED) is 0.359. The van der Waals surface area contributed by atoms with Gasteiger partial charge in [-0.15, -0.1) is 0 Å². The maximum Gasteiger partial charge on any atom is 0.202 e. The molecule has 2 aliphatic rings. The standard InChI is InChI=1S/C30H27N2OP/c1-4-12-23(13-5-1)28-22-33-30(31-28)29-20-24-14-10-11-15-25(24)21-32(29)34(26-16-6-2-7-17-26)27-18-8-3-9-19-27/h1-19,28-29H,20-22H2/t28-,29-/m1/s1. The summed E-state index contributed by atoms with van der Waals surface area (Å²) < 4.78 is 8.99. The van der Waals surface area contributed by atoms with Crippen LogP contribution in [0.4, 0.5) is 0 Å². The average Bonchev–Trinajstić information content (AvgIpc) is 3.41. The van der Waals surface area contributed by atoms with Gasteiger partial charge in [-0.3, -0.25) is 4.67 Å². The second-order valence-electron chi connectivity index (χ2n) is 8.77. The summed E-state index contributed by atoms with van der Waals surface area (Å²) in [5, 5.41) is 2.71. The normalized spacial score (nSPS) is 20.0. The van der Waals surface area contributed by atoms with E-state index >= 15 is 0 Å². The second-order valence-corrected chi connectivity index (χ2v) is 10.9. The summed E-state index contributed by atoms with van der Waals surface area (Å²) in [5.41, 5.74) is 4.01. The van der Waals surface area contributed by atoms with Crippen molar-refractivity contribution in [2.75, 3.05) is 6.61 Å². The Labute approximate surface area is 202 Å². The number of rotatable bonds is 5. The van der Waals surface area contributed by atoms with Crippen molar-refractivity contribution in [3.05, 3.63) is 132 Å². The molecule has 0 aromatic heterocycles. The molecule has 0 amide bonds. The zero-order valence-corrected chi connectivity index (χ0v) is 19.9. The zero-order valence-electron chi connectivity index (χ0n) is 19.0. The highest BCUT2D eigenvalue weighted by Gasteiger charge is 2.39. The van der Waals surface area contributed by atoms with Gasteiger partial charge < -0.3 is 4.74 Å². The van der Waals surface area contributed by atoms with Crippen LogP contribution < -0.4 is 10.6 Å². The minimum absolute atomic E-state index is 0.0647. The molecule has 0 saturated carbocycles. The van der Waals surface area contributed by atoms with Crippen molar-refractivity contribution in [1.82, 2.24) is 4.67 Å². The van der Waals surface area contributed by atoms with E-state index in [0.717, 1.165) is 18.9 Å². The fourth-order valence-electron chi connectivity index (χ4n) is 4.94. The molecule has 0 aliphatic carbocycles. The van der Waals surface area contributed by atoms with Crippen LogP contribution in [0.1, 0.15) is 22.7 Å². The van der Waals surface area contributed by atoms with E-state index in [1.54, 1.807) is 0 Å². The van der Waals surface area contributed by atoms with E-state index in [1.165, 1.54) is 27.3 Å². The van der Waals surface area contributed by atoms with E-state index in [0.29, 0.717) is 6.61 Å². The van der Waals surface area contributed by atoms with Gasteiger partial charge in [-0.2, -0.15) is 0 Å². The summed E-state index contributed by atoms with van der Waals surface area (Å²) in [6.45, 7) is 1.49. The van der Waals surface area contributed by atoms with Gasteiger partial charge in [0.15, 0.2) is 0 Å². The van der Waals surface area contributed by atoms with Crippen molar-refractivity contribution < 1.29 is 4.74 Å². The molecule has 6 rings (SSSR count). The summed E-state index contributed by atoms with van der Waals surface area (Å²) >= 11 is 0. The van der Waals surface area contributed by atoms with Crippen molar-refractivity contribution in [2.24, 2.45) is 4.99 Å². The molecule has 0 unspecified atom stereocenters. The van der Waals surface area contributed by atoms with Gasteiger partial charge in [0.2, 0.25) is 5.90 Å². The molecule has 2 heterocycles. The van der Waals surface area contributed by atoms with Gasteiger partial charge in [0, 0.05) is 14.6 Å². The van der Waals surface area contributed by atoms with E-state index in [4.69, 9.17) is 9.73 Å². The number of ether oxygens (including phenoxy) is 1. The maximum atomic E-state index is 6.35. The first kappa shape index (κ1) is 21.3. The molecule has 0 saturated heterocycles. The number of benzene rings is 4. The van der Waals surface area contributed by atoms with Crippen LogP contribution in [0, 0.1) is 0 Å². The summed E-state index contributed by atoms with van der Waals surface area (Å²) in [4.78, 5) is 5.14. The monoisotopic (exact) mass is 462 g/mol. The Morgan fingerprint density at radius 2 is 1.24 bits per heavy atom. The van der Waals surface area contributed by atoms with Crippen LogP contribution in [0.3, 0.4) is 0 Å². The number of hydrogen-bond acceptors (Lipinski definition) is 3. The molecule has 0 bridgehead atoms. The predicted octanol–water partition coefficient (Wildman–Crippen LogP) is 5.63. The molecule has 4 aromatic rings. The third-order valence-electron chi connectivity index (χ3n) is 6.62. The number of nitrogens with zero attached hydrogens (tertiary/aromatic N) is 2. The molecule has 2 atom stereocenters. The molecule has 0 fully saturated rings. The molecule has 34 heavy (non-hydrogen) atoms. The highest BCUT2D eigenvalue weighted by molar-refractivity contribution is 7.70. The molecule has 0 N–H and O–H groups in total. The Kier molecular flexibility index (Phi) is 5.97. The van der Waals surface area contributed by atoms with Crippen LogP contribution in [0.5, 0.6) is 0 Å². The molecular weight excluding hydrogens is 435 g/mol. The summed E-state index contributed by atoms with van der Waals surface area (Å²) in [7, 11) is -0.745. The van der Waals surface area contributed by atoms with E-state index < -0.39 is 8.07 Å². The van der Waals surface area contributed by atoms with Crippen molar-refractivity contribution in [3.8, 4) is 0 Å². The smallest absolute Gasteiger partial charge is 0.202 e. The summed E-state index contributed by atoms with van der Waals surface area (Å²) in [5.74, 6) is 0.878. The first-order valence-corrected chi connectivity index (χ1v) is 13.2. The first-order valence-electron chi connectivity index (χ1n) is 11.9. The Hall–Kier alpha value is -3.26. The van der Waals surface area contributed by atoms with E-state index in [-0.39, 0.29) is 12.1 Å². The van der Waals surface area contributed by atoms with E-state index in [2.05, 4.69) is 120 Å². The maximum absolute atomic E-state index is 6.35. The third-order valence-corrected chi connectivity index (χ3v) is 9.13. The lowest BCUT2D eigenvalue weighted by atomic mass is 9.96. The van der Waals surface area contributed by atoms with Crippen molar-refractivity contribution in [2.45, 2.75) is 25.0 Å². The topological polar surface area (TPSA) is 24.8 Å². The van der Waals surface area contributed by atoms with Crippen LogP contribution >= 0.6 is 8.07 Å². The SMILES string of the molecule is c1ccc([C@H]2COC([C@H]3Cc4ccccc4CN3P(c3ccccc3)c3ccccc3)=N2)cc1. The predicted molar refractivity (Wildman–Crippen MR) is 141 cm³/mol. The van der Waals surface area contributed by atoms with Gasteiger partial charge in [-0.25, -0.2) is 4.99 Å². The van der Waals surface area contributed by atoms with Crippen LogP contribution in [0.15, 0.2) is 120 Å². The minimum atomic E-state index is -0.745. The minimum Gasteiger partial charge on any atom is -0.477 e. The highest BCUT2D eigenvalue weighted by atomic mass is 31.1. The van der Waals surface area contributed by atoms with Crippen molar-refractivity contribution in [1.29, 1.82) is 0 Å². The van der Waals surface area contributed by atoms with Crippen molar-refractivity contribution in [3.63, 3.8) is 0 Å². The zero-order chi connectivity index (χ0) is 22.7. The van der Waals surface area contributed by atoms with Gasteiger partial charge >= 0.3 is 0 Å². The molecule has 3 nitrogen and oxygen atoms in total. The van der Waals surface area contributed by atoms with Gasteiger partial charge in [0.05, 0.1) is 6.04 Å². The van der Waals surface area contributed by atoms with Crippen LogP contribution in [-0.4, -0.2) is 23.2 Å². The Morgan fingerprint density at radius 1 is 0.676 bits per heavy atom. The van der Waals surface area contributed by atoms with Gasteiger partial charge in [-0.05, 0) is 33.7 Å². The molecule has 4 heteroatoms. The van der Waals surface area contributed by atoms with Crippen LogP contribution in [0.2, 0.25) is 0 Å².